The molecular weight excluding hydrogens is 556 g/mol. The van der Waals surface area contributed by atoms with Crippen LogP contribution in [0.3, 0.4) is 0 Å². The van der Waals surface area contributed by atoms with Crippen molar-refractivity contribution in [2.75, 3.05) is 53.5 Å². The number of Topliss-reactive ketones (excluding diaryl/α,β-unsaturated/α-hetero) is 1. The Morgan fingerprint density at radius 1 is 0.733 bits per heavy atom. The molecule has 0 heterocycles. The van der Waals surface area contributed by atoms with Crippen LogP contribution in [0.25, 0.3) is 0 Å². The van der Waals surface area contributed by atoms with E-state index < -0.39 is 0 Å². The highest BCUT2D eigenvalue weighted by Crippen LogP contribution is 2.34. The van der Waals surface area contributed by atoms with E-state index in [0.29, 0.717) is 24.3 Å². The molecule has 4 rings (SSSR count). The van der Waals surface area contributed by atoms with Gasteiger partial charge in [0.2, 0.25) is 0 Å². The molecule has 0 spiro atoms. The minimum absolute atomic E-state index is 0.0875. The second-order valence-corrected chi connectivity index (χ2v) is 12.5. The molecule has 0 aromatic heterocycles. The summed E-state index contributed by atoms with van der Waals surface area (Å²) >= 11 is 0. The van der Waals surface area contributed by atoms with Crippen LogP contribution in [0.4, 0.5) is 0 Å². The van der Waals surface area contributed by atoms with Gasteiger partial charge in [-0.25, -0.2) is 0 Å². The zero-order valence-electron chi connectivity index (χ0n) is 28.5. The molecule has 1 aliphatic rings. The number of rotatable bonds is 17. The van der Waals surface area contributed by atoms with Crippen molar-refractivity contribution in [2.45, 2.75) is 83.7 Å². The van der Waals surface area contributed by atoms with Gasteiger partial charge in [-0.15, -0.1) is 0 Å². The Morgan fingerprint density at radius 2 is 1.33 bits per heavy atom. The molecule has 1 aliphatic carbocycles. The fourth-order valence-corrected chi connectivity index (χ4v) is 6.07. The standard InChI is InChI=1S/C21H27NO2.C19H31NO/c1-3-22(4-2)16-17-24-21-13-9-8-12-19(21)20(23)15-14-18-10-6-5-7-11-18;1-20(2)15-10-16-21-19(13-8-3-4-9-14-19)17-18-11-6-5-7-12-18/h5-13H,3-4,14-17H2,1-2H3;5-7,11-12H,3-4,8-10,13-17H2,1-2H3. The second kappa shape index (κ2) is 20.9. The molecule has 3 aromatic rings. The molecule has 0 N–H and O–H groups in total. The normalized spacial score (nSPS) is 14.4. The van der Waals surface area contributed by atoms with Crippen LogP contribution in [0.15, 0.2) is 84.9 Å². The molecule has 0 radical (unpaired) electrons. The highest BCUT2D eigenvalue weighted by molar-refractivity contribution is 5.98. The summed E-state index contributed by atoms with van der Waals surface area (Å²) in [6.07, 6.45) is 11.3. The smallest absolute Gasteiger partial charge is 0.166 e. The van der Waals surface area contributed by atoms with Crippen LogP contribution < -0.4 is 4.74 Å². The van der Waals surface area contributed by atoms with E-state index in [4.69, 9.17) is 9.47 Å². The number of carbonyl (C=O) groups excluding carboxylic acids is 1. The van der Waals surface area contributed by atoms with Gasteiger partial charge in [0.1, 0.15) is 12.4 Å². The predicted molar refractivity (Wildman–Crippen MR) is 189 cm³/mol. The SMILES string of the molecule is CCN(CC)CCOc1ccccc1C(=O)CCc1ccccc1.CN(C)CCCOC1(Cc2ccccc2)CCCCCC1. The van der Waals surface area contributed by atoms with Crippen LogP contribution in [0.1, 0.15) is 86.7 Å². The van der Waals surface area contributed by atoms with Crippen molar-refractivity contribution in [1.82, 2.24) is 9.80 Å². The van der Waals surface area contributed by atoms with E-state index in [1.165, 1.54) is 49.7 Å². The summed E-state index contributed by atoms with van der Waals surface area (Å²) in [5.74, 6) is 0.833. The van der Waals surface area contributed by atoms with Gasteiger partial charge in [0.05, 0.1) is 11.2 Å². The fraction of sp³-hybridized carbons (Fsp3) is 0.525. The molecule has 0 bridgehead atoms. The van der Waals surface area contributed by atoms with Gasteiger partial charge in [0.15, 0.2) is 5.78 Å². The summed E-state index contributed by atoms with van der Waals surface area (Å²) in [7, 11) is 4.26. The van der Waals surface area contributed by atoms with E-state index in [-0.39, 0.29) is 11.4 Å². The average Bonchev–Trinajstić information content (AvgIpc) is 3.31. The first-order valence-electron chi connectivity index (χ1n) is 17.3. The minimum atomic E-state index is 0.0875. The number of ether oxygens (including phenoxy) is 2. The van der Waals surface area contributed by atoms with Crippen LogP contribution >= 0.6 is 0 Å². The molecule has 3 aromatic carbocycles. The quantitative estimate of drug-likeness (QED) is 0.0866. The highest BCUT2D eigenvalue weighted by Gasteiger charge is 2.32. The zero-order chi connectivity index (χ0) is 32.2. The number of carbonyl (C=O) groups is 1. The summed E-state index contributed by atoms with van der Waals surface area (Å²) in [5.41, 5.74) is 3.38. The lowest BCUT2D eigenvalue weighted by atomic mass is 9.87. The maximum Gasteiger partial charge on any atom is 0.166 e. The number of likely N-dealkylation sites (N-methyl/N-ethyl adjacent to an activating group) is 1. The Labute approximate surface area is 273 Å². The molecule has 0 saturated heterocycles. The van der Waals surface area contributed by atoms with Crippen molar-refractivity contribution in [2.24, 2.45) is 0 Å². The van der Waals surface area contributed by atoms with Gasteiger partial charge in [-0.05, 0) is 82.7 Å². The topological polar surface area (TPSA) is 42.0 Å². The zero-order valence-corrected chi connectivity index (χ0v) is 28.5. The van der Waals surface area contributed by atoms with E-state index in [2.05, 4.69) is 80.2 Å². The van der Waals surface area contributed by atoms with Crippen LogP contribution in [0.5, 0.6) is 5.75 Å². The van der Waals surface area contributed by atoms with Crippen LogP contribution in [0, 0.1) is 0 Å². The number of aryl methyl sites for hydroxylation is 1. The largest absolute Gasteiger partial charge is 0.491 e. The number of hydrogen-bond donors (Lipinski definition) is 0. The summed E-state index contributed by atoms with van der Waals surface area (Å²) in [6.45, 7) is 9.79. The Kier molecular flexibility index (Phi) is 17.0. The van der Waals surface area contributed by atoms with E-state index in [1.54, 1.807) is 0 Å². The highest BCUT2D eigenvalue weighted by atomic mass is 16.5. The molecule has 246 valence electrons. The van der Waals surface area contributed by atoms with Crippen LogP contribution in [-0.2, 0) is 17.6 Å². The van der Waals surface area contributed by atoms with E-state index in [1.807, 2.05) is 42.5 Å². The van der Waals surface area contributed by atoms with Gasteiger partial charge in [0.25, 0.3) is 0 Å². The van der Waals surface area contributed by atoms with Crippen molar-refractivity contribution < 1.29 is 14.3 Å². The lowest BCUT2D eigenvalue weighted by Crippen LogP contribution is -2.35. The maximum atomic E-state index is 12.6. The third kappa shape index (κ3) is 13.9. The van der Waals surface area contributed by atoms with Gasteiger partial charge in [0, 0.05) is 26.0 Å². The van der Waals surface area contributed by atoms with Gasteiger partial charge in [-0.1, -0.05) is 112 Å². The monoisotopic (exact) mass is 614 g/mol. The molecule has 45 heavy (non-hydrogen) atoms. The Balaban J connectivity index is 0.000000248. The molecule has 1 saturated carbocycles. The number of hydrogen-bond acceptors (Lipinski definition) is 5. The fourth-order valence-electron chi connectivity index (χ4n) is 6.07. The van der Waals surface area contributed by atoms with Gasteiger partial charge < -0.3 is 19.3 Å². The van der Waals surface area contributed by atoms with Crippen molar-refractivity contribution in [3.05, 3.63) is 102 Å². The first-order valence-corrected chi connectivity index (χ1v) is 17.3. The predicted octanol–water partition coefficient (Wildman–Crippen LogP) is 8.51. The number of nitrogens with zero attached hydrogens (tertiary/aromatic N) is 2. The summed E-state index contributed by atoms with van der Waals surface area (Å²) in [5, 5.41) is 0. The molecule has 0 atom stereocenters. The molecule has 1 fully saturated rings. The lowest BCUT2D eigenvalue weighted by molar-refractivity contribution is -0.0580. The Bertz CT molecular complexity index is 1190. The van der Waals surface area contributed by atoms with Gasteiger partial charge >= 0.3 is 0 Å². The Hall–Kier alpha value is -2.99. The molecule has 5 nitrogen and oxygen atoms in total. The first kappa shape index (κ1) is 36.5. The van der Waals surface area contributed by atoms with Crippen LogP contribution in [0.2, 0.25) is 0 Å². The molecule has 5 heteroatoms. The summed E-state index contributed by atoms with van der Waals surface area (Å²) < 4.78 is 12.4. The Morgan fingerprint density at radius 3 is 1.96 bits per heavy atom. The third-order valence-corrected chi connectivity index (χ3v) is 8.77. The lowest BCUT2D eigenvalue weighted by Gasteiger charge is -2.33. The minimum Gasteiger partial charge on any atom is -0.491 e. The maximum absolute atomic E-state index is 12.6. The van der Waals surface area contributed by atoms with Gasteiger partial charge in [-0.2, -0.15) is 0 Å². The first-order chi connectivity index (χ1) is 21.9. The third-order valence-electron chi connectivity index (χ3n) is 8.77. The number of ketones is 1. The molecular formula is C40H58N2O3. The molecule has 0 unspecified atom stereocenters. The van der Waals surface area contributed by atoms with Crippen molar-refractivity contribution in [3.8, 4) is 5.75 Å². The van der Waals surface area contributed by atoms with E-state index in [0.717, 1.165) is 52.0 Å². The second-order valence-electron chi connectivity index (χ2n) is 12.5. The number of para-hydroxylation sites is 1. The molecule has 0 aliphatic heterocycles. The summed E-state index contributed by atoms with van der Waals surface area (Å²) in [4.78, 5) is 17.1. The van der Waals surface area contributed by atoms with Crippen molar-refractivity contribution in [1.29, 1.82) is 0 Å². The van der Waals surface area contributed by atoms with E-state index >= 15 is 0 Å². The van der Waals surface area contributed by atoms with Crippen LogP contribution in [-0.4, -0.2) is 74.7 Å². The number of benzene rings is 3. The average molecular weight is 615 g/mol. The molecule has 0 amide bonds. The summed E-state index contributed by atoms with van der Waals surface area (Å²) in [6, 6.07) is 28.5. The van der Waals surface area contributed by atoms with Crippen molar-refractivity contribution >= 4 is 5.78 Å². The van der Waals surface area contributed by atoms with Crippen molar-refractivity contribution in [3.63, 3.8) is 0 Å². The van der Waals surface area contributed by atoms with Gasteiger partial charge in [-0.3, -0.25) is 4.79 Å². The van der Waals surface area contributed by atoms with E-state index in [9.17, 15) is 4.79 Å².